The number of rotatable bonds is 45. The van der Waals surface area contributed by atoms with Gasteiger partial charge in [0.2, 0.25) is 0 Å². The Hall–Kier alpha value is -4.19. The molecule has 0 aromatic rings. The fraction of sp³-hybridized carbons (Fsp3) is 0.610. The van der Waals surface area contributed by atoms with E-state index >= 15 is 0 Å². The molecular formula is C59H94O6. The second-order valence-electron chi connectivity index (χ2n) is 16.7. The van der Waals surface area contributed by atoms with E-state index in [1.807, 2.05) is 12.2 Å². The molecule has 0 aliphatic heterocycles. The second kappa shape index (κ2) is 52.4. The van der Waals surface area contributed by atoms with E-state index in [2.05, 4.69) is 130 Å². The van der Waals surface area contributed by atoms with Crippen LogP contribution in [0, 0.1) is 0 Å². The Morgan fingerprint density at radius 3 is 1.00 bits per heavy atom. The van der Waals surface area contributed by atoms with E-state index in [1.165, 1.54) is 51.4 Å². The third-order valence-corrected chi connectivity index (χ3v) is 10.4. The topological polar surface area (TPSA) is 78.9 Å². The highest BCUT2D eigenvalue weighted by Crippen LogP contribution is 2.12. The number of ether oxygens (including phenoxy) is 3. The molecule has 1 atom stereocenters. The van der Waals surface area contributed by atoms with Crippen LogP contribution in [0.5, 0.6) is 0 Å². The van der Waals surface area contributed by atoms with Crippen molar-refractivity contribution < 1.29 is 28.6 Å². The van der Waals surface area contributed by atoms with Crippen LogP contribution < -0.4 is 0 Å². The summed E-state index contributed by atoms with van der Waals surface area (Å²) in [5.74, 6) is -1.04. The Morgan fingerprint density at radius 2 is 0.631 bits per heavy atom. The molecule has 0 aliphatic rings. The summed E-state index contributed by atoms with van der Waals surface area (Å²) < 4.78 is 16.7. The molecule has 0 spiro atoms. The van der Waals surface area contributed by atoms with Gasteiger partial charge in [0, 0.05) is 19.3 Å². The van der Waals surface area contributed by atoms with Gasteiger partial charge < -0.3 is 14.2 Å². The molecule has 1 unspecified atom stereocenters. The van der Waals surface area contributed by atoms with E-state index in [4.69, 9.17) is 14.2 Å². The zero-order chi connectivity index (χ0) is 47.2. The molecular weight excluding hydrogens is 805 g/mol. The van der Waals surface area contributed by atoms with Gasteiger partial charge in [0.1, 0.15) is 13.2 Å². The van der Waals surface area contributed by atoms with Gasteiger partial charge in [-0.15, -0.1) is 0 Å². The molecule has 366 valence electrons. The van der Waals surface area contributed by atoms with Crippen LogP contribution in [0.4, 0.5) is 0 Å². The maximum Gasteiger partial charge on any atom is 0.306 e. The van der Waals surface area contributed by atoms with Crippen LogP contribution in [-0.4, -0.2) is 37.2 Å². The Kier molecular flexibility index (Phi) is 49.1. The van der Waals surface area contributed by atoms with Crippen LogP contribution in [-0.2, 0) is 28.6 Å². The molecule has 0 amide bonds. The first-order valence-corrected chi connectivity index (χ1v) is 26.0. The summed E-state index contributed by atoms with van der Waals surface area (Å²) in [6, 6.07) is 0. The van der Waals surface area contributed by atoms with Gasteiger partial charge in [-0.1, -0.05) is 200 Å². The summed E-state index contributed by atoms with van der Waals surface area (Å²) >= 11 is 0. The van der Waals surface area contributed by atoms with Crippen LogP contribution >= 0.6 is 0 Å². The fourth-order valence-corrected chi connectivity index (χ4v) is 6.59. The molecule has 65 heavy (non-hydrogen) atoms. The van der Waals surface area contributed by atoms with Crippen molar-refractivity contribution in [3.8, 4) is 0 Å². The lowest BCUT2D eigenvalue weighted by atomic mass is 10.1. The molecule has 0 N–H and O–H groups in total. The average Bonchev–Trinajstić information content (AvgIpc) is 3.30. The van der Waals surface area contributed by atoms with Crippen molar-refractivity contribution in [1.82, 2.24) is 0 Å². The van der Waals surface area contributed by atoms with Gasteiger partial charge in [0.25, 0.3) is 0 Å². The van der Waals surface area contributed by atoms with Crippen LogP contribution in [0.3, 0.4) is 0 Å². The summed E-state index contributed by atoms with van der Waals surface area (Å²) in [6.45, 7) is 6.28. The first-order valence-electron chi connectivity index (χ1n) is 26.0. The third kappa shape index (κ3) is 50.7. The van der Waals surface area contributed by atoms with Crippen molar-refractivity contribution in [2.75, 3.05) is 13.2 Å². The standard InChI is InChI=1S/C59H94O6/c1-4-7-10-13-16-19-22-25-28-30-32-34-37-40-43-46-49-52-58(61)64-55-56(54-63-57(60)51-48-45-42-39-36-33-27-24-21-18-15-12-9-6-3)65-59(62)53-50-47-44-41-38-35-31-29-26-23-20-17-14-11-8-5-2/h8-9,11-12,16-21,25-29,33,35,38,44,47,56H,4-7,10,13-15,22-24,30-32,34,36-37,39-43,45-46,48-55H2,1-3H3/b11-8-,12-9-,19-16-,20-17-,21-18-,28-25-,29-26-,33-27-,38-35-,47-44-. The van der Waals surface area contributed by atoms with Gasteiger partial charge in [-0.25, -0.2) is 0 Å². The van der Waals surface area contributed by atoms with Crippen molar-refractivity contribution in [2.45, 2.75) is 219 Å². The Labute approximate surface area is 399 Å². The van der Waals surface area contributed by atoms with Gasteiger partial charge in [-0.05, 0) is 116 Å². The number of allylic oxidation sites excluding steroid dienone is 20. The molecule has 0 fully saturated rings. The molecule has 0 saturated heterocycles. The quantitative estimate of drug-likeness (QED) is 0.0262. The Morgan fingerprint density at radius 1 is 0.323 bits per heavy atom. The first kappa shape index (κ1) is 60.8. The average molecular weight is 899 g/mol. The van der Waals surface area contributed by atoms with E-state index in [-0.39, 0.29) is 31.6 Å². The zero-order valence-electron chi connectivity index (χ0n) is 41.7. The molecule has 0 saturated carbocycles. The molecule has 0 aliphatic carbocycles. The zero-order valence-corrected chi connectivity index (χ0v) is 41.7. The van der Waals surface area contributed by atoms with Crippen molar-refractivity contribution in [1.29, 1.82) is 0 Å². The summed E-state index contributed by atoms with van der Waals surface area (Å²) in [7, 11) is 0. The largest absolute Gasteiger partial charge is 0.462 e. The van der Waals surface area contributed by atoms with Crippen molar-refractivity contribution in [2.24, 2.45) is 0 Å². The maximum atomic E-state index is 12.8. The predicted molar refractivity (Wildman–Crippen MR) is 279 cm³/mol. The fourth-order valence-electron chi connectivity index (χ4n) is 6.59. The van der Waals surface area contributed by atoms with Gasteiger partial charge >= 0.3 is 17.9 Å². The van der Waals surface area contributed by atoms with Gasteiger partial charge in [0.05, 0.1) is 0 Å². The number of esters is 3. The summed E-state index contributed by atoms with van der Waals surface area (Å²) in [4.78, 5) is 38.0. The van der Waals surface area contributed by atoms with Crippen LogP contribution in [0.15, 0.2) is 122 Å². The monoisotopic (exact) mass is 899 g/mol. The van der Waals surface area contributed by atoms with Crippen molar-refractivity contribution >= 4 is 17.9 Å². The predicted octanol–water partition coefficient (Wildman–Crippen LogP) is 17.3. The molecule has 0 bridgehead atoms. The first-order chi connectivity index (χ1) is 32.0. The van der Waals surface area contributed by atoms with Gasteiger partial charge in [0.15, 0.2) is 6.10 Å². The molecule has 0 radical (unpaired) electrons. The number of carbonyl (C=O) groups excluding carboxylic acids is 3. The van der Waals surface area contributed by atoms with Crippen LogP contribution in [0.1, 0.15) is 213 Å². The lowest BCUT2D eigenvalue weighted by molar-refractivity contribution is -0.166. The number of unbranched alkanes of at least 4 members (excludes halogenated alkanes) is 14. The Balaban J connectivity index is 4.56. The summed E-state index contributed by atoms with van der Waals surface area (Å²) in [6.07, 6.45) is 71.9. The summed E-state index contributed by atoms with van der Waals surface area (Å²) in [5, 5.41) is 0. The van der Waals surface area contributed by atoms with E-state index in [9.17, 15) is 14.4 Å². The smallest absolute Gasteiger partial charge is 0.306 e. The van der Waals surface area contributed by atoms with E-state index in [1.54, 1.807) is 0 Å². The highest BCUT2D eigenvalue weighted by molar-refractivity contribution is 5.71. The molecule has 0 aromatic heterocycles. The van der Waals surface area contributed by atoms with E-state index in [0.29, 0.717) is 19.3 Å². The Bertz CT molecular complexity index is 1400. The van der Waals surface area contributed by atoms with Gasteiger partial charge in [-0.2, -0.15) is 0 Å². The second-order valence-corrected chi connectivity index (χ2v) is 16.7. The minimum absolute atomic E-state index is 0.123. The summed E-state index contributed by atoms with van der Waals surface area (Å²) in [5.41, 5.74) is 0. The highest BCUT2D eigenvalue weighted by atomic mass is 16.6. The lowest BCUT2D eigenvalue weighted by Crippen LogP contribution is -2.30. The number of carbonyl (C=O) groups is 3. The minimum atomic E-state index is -0.833. The van der Waals surface area contributed by atoms with Crippen LogP contribution in [0.2, 0.25) is 0 Å². The van der Waals surface area contributed by atoms with Crippen molar-refractivity contribution in [3.63, 3.8) is 0 Å². The number of hydrogen-bond donors (Lipinski definition) is 0. The molecule has 0 heterocycles. The molecule has 0 aromatic carbocycles. The third-order valence-electron chi connectivity index (χ3n) is 10.4. The minimum Gasteiger partial charge on any atom is -0.462 e. The normalized spacial score (nSPS) is 13.1. The van der Waals surface area contributed by atoms with Crippen LogP contribution in [0.25, 0.3) is 0 Å². The highest BCUT2D eigenvalue weighted by Gasteiger charge is 2.19. The van der Waals surface area contributed by atoms with E-state index in [0.717, 1.165) is 116 Å². The molecule has 6 nitrogen and oxygen atoms in total. The maximum absolute atomic E-state index is 12.8. The van der Waals surface area contributed by atoms with E-state index < -0.39 is 12.1 Å². The molecule has 0 rings (SSSR count). The number of hydrogen-bond acceptors (Lipinski definition) is 6. The lowest BCUT2D eigenvalue weighted by Gasteiger charge is -2.18. The van der Waals surface area contributed by atoms with Gasteiger partial charge in [-0.3, -0.25) is 14.4 Å². The SMILES string of the molecule is CC/C=C\C/C=C\C/C=C\C/C=C\C/C=C\CCC(=O)OC(COC(=O)CCCCCC/C=C\C/C=C\C/C=C\CC)COC(=O)CCCCCCCCC/C=C\C/C=C\CCCCC. The molecule has 6 heteroatoms. The van der Waals surface area contributed by atoms with Crippen molar-refractivity contribution in [3.05, 3.63) is 122 Å².